The summed E-state index contributed by atoms with van der Waals surface area (Å²) in [7, 11) is 1.54. The third kappa shape index (κ3) is 2.55. The van der Waals surface area contributed by atoms with Crippen molar-refractivity contribution in [1.82, 2.24) is 0 Å². The van der Waals surface area contributed by atoms with Crippen LogP contribution >= 0.6 is 0 Å². The maximum absolute atomic E-state index is 10.4. The predicted octanol–water partition coefficient (Wildman–Crippen LogP) is 0.141. The summed E-state index contributed by atoms with van der Waals surface area (Å²) < 4.78 is 9.99. The van der Waals surface area contributed by atoms with E-state index in [0.29, 0.717) is 17.2 Å². The minimum atomic E-state index is -0.541. The molecule has 0 aromatic heterocycles. The van der Waals surface area contributed by atoms with Crippen molar-refractivity contribution < 1.29 is 14.3 Å². The molecule has 5 heteroatoms. The fourth-order valence-corrected chi connectivity index (χ4v) is 0.934. The van der Waals surface area contributed by atoms with Crippen LogP contribution in [0.15, 0.2) is 18.2 Å². The number of methoxy groups -OCH3 is 1. The number of hydrogen-bond acceptors (Lipinski definition) is 4. The van der Waals surface area contributed by atoms with Crippen molar-refractivity contribution in [2.24, 2.45) is 5.73 Å². The molecule has 0 radical (unpaired) electrons. The summed E-state index contributed by atoms with van der Waals surface area (Å²) >= 11 is 0. The number of carbonyl (C=O) groups is 1. The second-order valence-electron chi connectivity index (χ2n) is 2.66. The molecule has 0 saturated heterocycles. The summed E-state index contributed by atoms with van der Waals surface area (Å²) in [6, 6.07) is 4.92. The van der Waals surface area contributed by atoms with E-state index in [0.717, 1.165) is 0 Å². The third-order valence-electron chi connectivity index (χ3n) is 1.59. The van der Waals surface area contributed by atoms with Crippen LogP contribution in [0.2, 0.25) is 0 Å². The van der Waals surface area contributed by atoms with Crippen LogP contribution in [-0.4, -0.2) is 19.6 Å². The first-order valence-electron chi connectivity index (χ1n) is 3.98. The minimum Gasteiger partial charge on any atom is -0.497 e. The number of anilines is 1. The Balaban J connectivity index is 2.73. The highest BCUT2D eigenvalue weighted by Gasteiger charge is 2.03. The van der Waals surface area contributed by atoms with Gasteiger partial charge in [0.15, 0.2) is 6.61 Å². The SMILES string of the molecule is COc1ccc(OCC(N)=O)c(N)c1. The fraction of sp³-hybridized carbons (Fsp3) is 0.222. The van der Waals surface area contributed by atoms with Crippen LogP contribution in [0.3, 0.4) is 0 Å². The van der Waals surface area contributed by atoms with Crippen molar-refractivity contribution in [3.63, 3.8) is 0 Å². The zero-order valence-electron chi connectivity index (χ0n) is 7.82. The van der Waals surface area contributed by atoms with Crippen LogP contribution in [0.1, 0.15) is 0 Å². The van der Waals surface area contributed by atoms with Gasteiger partial charge in [0.1, 0.15) is 11.5 Å². The Kier molecular flexibility index (Phi) is 3.17. The fourth-order valence-electron chi connectivity index (χ4n) is 0.934. The lowest BCUT2D eigenvalue weighted by atomic mass is 10.3. The molecule has 0 aliphatic rings. The zero-order valence-corrected chi connectivity index (χ0v) is 7.82. The average Bonchev–Trinajstić information content (AvgIpc) is 2.15. The van der Waals surface area contributed by atoms with Crippen molar-refractivity contribution in [3.8, 4) is 11.5 Å². The number of ether oxygens (including phenoxy) is 2. The largest absolute Gasteiger partial charge is 0.497 e. The first-order chi connectivity index (χ1) is 6.63. The smallest absolute Gasteiger partial charge is 0.255 e. The van der Waals surface area contributed by atoms with E-state index >= 15 is 0 Å². The maximum atomic E-state index is 10.4. The molecule has 0 heterocycles. The van der Waals surface area contributed by atoms with E-state index in [4.69, 9.17) is 20.9 Å². The highest BCUT2D eigenvalue weighted by atomic mass is 16.5. The Hall–Kier alpha value is -1.91. The number of rotatable bonds is 4. The first kappa shape index (κ1) is 10.2. The van der Waals surface area contributed by atoms with E-state index < -0.39 is 5.91 Å². The maximum Gasteiger partial charge on any atom is 0.255 e. The number of carbonyl (C=O) groups excluding carboxylic acids is 1. The second kappa shape index (κ2) is 4.36. The van der Waals surface area contributed by atoms with E-state index in [1.165, 1.54) is 0 Å². The third-order valence-corrected chi connectivity index (χ3v) is 1.59. The number of hydrogen-bond donors (Lipinski definition) is 2. The predicted molar refractivity (Wildman–Crippen MR) is 52.1 cm³/mol. The van der Waals surface area contributed by atoms with Gasteiger partial charge in [-0.3, -0.25) is 4.79 Å². The lowest BCUT2D eigenvalue weighted by Crippen LogP contribution is -2.20. The van der Waals surface area contributed by atoms with Gasteiger partial charge in [-0.15, -0.1) is 0 Å². The van der Waals surface area contributed by atoms with Crippen LogP contribution in [0.4, 0.5) is 5.69 Å². The number of nitrogen functional groups attached to an aromatic ring is 1. The van der Waals surface area contributed by atoms with Crippen molar-refractivity contribution in [1.29, 1.82) is 0 Å². The molecule has 0 aliphatic heterocycles. The molecule has 4 N–H and O–H groups in total. The number of amides is 1. The molecule has 14 heavy (non-hydrogen) atoms. The Morgan fingerprint density at radius 1 is 1.50 bits per heavy atom. The Morgan fingerprint density at radius 3 is 2.71 bits per heavy atom. The topological polar surface area (TPSA) is 87.6 Å². The van der Waals surface area contributed by atoms with Gasteiger partial charge in [0.2, 0.25) is 0 Å². The Labute approximate surface area is 81.6 Å². The minimum absolute atomic E-state index is 0.184. The first-order valence-corrected chi connectivity index (χ1v) is 3.98. The van der Waals surface area contributed by atoms with Crippen LogP contribution in [0.5, 0.6) is 11.5 Å². The summed E-state index contributed by atoms with van der Waals surface area (Å²) in [6.45, 7) is -0.184. The lowest BCUT2D eigenvalue weighted by Gasteiger charge is -2.08. The summed E-state index contributed by atoms with van der Waals surface area (Å²) in [6.07, 6.45) is 0. The number of nitrogens with two attached hydrogens (primary N) is 2. The molecule has 76 valence electrons. The molecule has 0 bridgehead atoms. The lowest BCUT2D eigenvalue weighted by molar-refractivity contribution is -0.119. The number of benzene rings is 1. The van der Waals surface area contributed by atoms with Crippen molar-refractivity contribution in [2.75, 3.05) is 19.5 Å². The van der Waals surface area contributed by atoms with Crippen molar-refractivity contribution in [3.05, 3.63) is 18.2 Å². The summed E-state index contributed by atoms with van der Waals surface area (Å²) in [5.41, 5.74) is 11.0. The molecule has 0 saturated carbocycles. The molecule has 0 atom stereocenters. The molecular formula is C9H12N2O3. The molecule has 1 aromatic carbocycles. The van der Waals surface area contributed by atoms with Gasteiger partial charge in [0, 0.05) is 6.07 Å². The monoisotopic (exact) mass is 196 g/mol. The normalized spacial score (nSPS) is 9.50. The number of primary amides is 1. The quantitative estimate of drug-likeness (QED) is 0.670. The van der Waals surface area contributed by atoms with Gasteiger partial charge in [0.05, 0.1) is 12.8 Å². The van der Waals surface area contributed by atoms with E-state index in [1.54, 1.807) is 25.3 Å². The molecule has 1 amide bonds. The van der Waals surface area contributed by atoms with Gasteiger partial charge in [-0.1, -0.05) is 0 Å². The van der Waals surface area contributed by atoms with Crippen LogP contribution < -0.4 is 20.9 Å². The van der Waals surface area contributed by atoms with Crippen molar-refractivity contribution >= 4 is 11.6 Å². The molecular weight excluding hydrogens is 184 g/mol. The molecule has 0 fully saturated rings. The standard InChI is InChI=1S/C9H12N2O3/c1-13-6-2-3-8(7(10)4-6)14-5-9(11)12/h2-4H,5,10H2,1H3,(H2,11,12). The van der Waals surface area contributed by atoms with E-state index in [-0.39, 0.29) is 6.61 Å². The molecule has 0 aliphatic carbocycles. The zero-order chi connectivity index (χ0) is 10.6. The van der Waals surface area contributed by atoms with Gasteiger partial charge in [-0.2, -0.15) is 0 Å². The van der Waals surface area contributed by atoms with Gasteiger partial charge in [-0.25, -0.2) is 0 Å². The van der Waals surface area contributed by atoms with Crippen LogP contribution in [0, 0.1) is 0 Å². The van der Waals surface area contributed by atoms with E-state index in [9.17, 15) is 4.79 Å². The highest BCUT2D eigenvalue weighted by Crippen LogP contribution is 2.25. The van der Waals surface area contributed by atoms with Crippen LogP contribution in [-0.2, 0) is 4.79 Å². The van der Waals surface area contributed by atoms with Gasteiger partial charge >= 0.3 is 0 Å². The summed E-state index contributed by atoms with van der Waals surface area (Å²) in [5, 5.41) is 0. The summed E-state index contributed by atoms with van der Waals surface area (Å²) in [4.78, 5) is 10.4. The van der Waals surface area contributed by atoms with Gasteiger partial charge in [-0.05, 0) is 12.1 Å². The summed E-state index contributed by atoms with van der Waals surface area (Å²) in [5.74, 6) is 0.513. The highest BCUT2D eigenvalue weighted by molar-refractivity contribution is 5.75. The molecule has 1 aromatic rings. The molecule has 1 rings (SSSR count). The average molecular weight is 196 g/mol. The van der Waals surface area contributed by atoms with Gasteiger partial charge < -0.3 is 20.9 Å². The Morgan fingerprint density at radius 2 is 2.21 bits per heavy atom. The van der Waals surface area contributed by atoms with Crippen LogP contribution in [0.25, 0.3) is 0 Å². The second-order valence-corrected chi connectivity index (χ2v) is 2.66. The van der Waals surface area contributed by atoms with Gasteiger partial charge in [0.25, 0.3) is 5.91 Å². The Bertz CT molecular complexity index is 339. The van der Waals surface area contributed by atoms with Crippen molar-refractivity contribution in [2.45, 2.75) is 0 Å². The molecule has 5 nitrogen and oxygen atoms in total. The molecule has 0 spiro atoms. The van der Waals surface area contributed by atoms with E-state index in [1.807, 2.05) is 0 Å². The van der Waals surface area contributed by atoms with E-state index in [2.05, 4.69) is 0 Å². The molecule has 0 unspecified atom stereocenters.